The first-order valence-corrected chi connectivity index (χ1v) is 10.6. The molecule has 1 aliphatic heterocycles. The smallest absolute Gasteiger partial charge is 0.231 e. The molecular formula is C19H15ClFN3O3S. The molecular weight excluding hydrogens is 405 g/mol. The molecule has 28 heavy (non-hydrogen) atoms. The van der Waals surface area contributed by atoms with E-state index in [0.717, 1.165) is 6.26 Å². The van der Waals surface area contributed by atoms with E-state index in [2.05, 4.69) is 4.98 Å². The minimum absolute atomic E-state index is 0.0816. The fraction of sp³-hybridized carbons (Fsp3) is 0.158. The number of nitrogens with zero attached hydrogens (tertiary/aromatic N) is 3. The van der Waals surface area contributed by atoms with E-state index in [1.54, 1.807) is 35.8 Å². The summed E-state index contributed by atoms with van der Waals surface area (Å²) in [6, 6.07) is 10.8. The van der Waals surface area contributed by atoms with Crippen LogP contribution in [-0.4, -0.2) is 34.7 Å². The second-order valence-corrected chi connectivity index (χ2v) is 8.91. The van der Waals surface area contributed by atoms with E-state index >= 15 is 0 Å². The molecule has 0 radical (unpaired) electrons. The fourth-order valence-corrected chi connectivity index (χ4v) is 4.54. The molecule has 0 bridgehead atoms. The summed E-state index contributed by atoms with van der Waals surface area (Å²) in [6.45, 7) is 1.35. The molecule has 2 aromatic carbocycles. The van der Waals surface area contributed by atoms with Crippen LogP contribution in [0.25, 0.3) is 5.69 Å². The number of imidazole rings is 1. The van der Waals surface area contributed by atoms with Gasteiger partial charge in [0.25, 0.3) is 0 Å². The second-order valence-electron chi connectivity index (χ2n) is 6.54. The highest BCUT2D eigenvalue weighted by Gasteiger charge is 2.33. The quantitative estimate of drug-likeness (QED) is 0.472. The van der Waals surface area contributed by atoms with Crippen molar-refractivity contribution >= 4 is 27.1 Å². The Bertz CT molecular complexity index is 1270. The third-order valence-electron chi connectivity index (χ3n) is 4.58. The topological polar surface area (TPSA) is 78.0 Å². The average Bonchev–Trinajstić information content (AvgIpc) is 2.87. The van der Waals surface area contributed by atoms with Gasteiger partial charge in [0.1, 0.15) is 17.3 Å². The average molecular weight is 420 g/mol. The molecule has 2 heterocycles. The first kappa shape index (κ1) is 18.6. The zero-order valence-corrected chi connectivity index (χ0v) is 16.6. The highest BCUT2D eigenvalue weighted by atomic mass is 35.5. The van der Waals surface area contributed by atoms with Gasteiger partial charge >= 0.3 is 0 Å². The summed E-state index contributed by atoms with van der Waals surface area (Å²) in [7, 11) is -3.67. The molecule has 0 spiro atoms. The van der Waals surface area contributed by atoms with Crippen LogP contribution in [0.1, 0.15) is 22.6 Å². The summed E-state index contributed by atoms with van der Waals surface area (Å²) in [5.74, 6) is -0.156. The minimum Gasteiger partial charge on any atom is -0.623 e. The SMILES string of the molecule is Cc1nc(S(C)(=O)=O)c2n1-c1ccc(Cl)cc1C(c1ccccc1F)=[N+]([O-])C2. The second kappa shape index (κ2) is 6.42. The molecule has 0 aliphatic carbocycles. The van der Waals surface area contributed by atoms with Gasteiger partial charge in [-0.15, -0.1) is 0 Å². The van der Waals surface area contributed by atoms with Crippen molar-refractivity contribution in [1.82, 2.24) is 9.55 Å². The van der Waals surface area contributed by atoms with Gasteiger partial charge in [0, 0.05) is 11.3 Å². The van der Waals surface area contributed by atoms with Crippen molar-refractivity contribution in [1.29, 1.82) is 0 Å². The Morgan fingerprint density at radius 1 is 1.21 bits per heavy atom. The van der Waals surface area contributed by atoms with Crippen molar-refractivity contribution in [2.75, 3.05) is 6.26 Å². The zero-order valence-electron chi connectivity index (χ0n) is 15.0. The maximum atomic E-state index is 14.5. The van der Waals surface area contributed by atoms with Crippen LogP contribution in [0.2, 0.25) is 5.02 Å². The molecule has 3 aromatic rings. The van der Waals surface area contributed by atoms with Gasteiger partial charge in [0.2, 0.25) is 5.71 Å². The van der Waals surface area contributed by atoms with Crippen molar-refractivity contribution in [2.45, 2.75) is 18.5 Å². The van der Waals surface area contributed by atoms with Gasteiger partial charge in [-0.3, -0.25) is 4.57 Å². The summed E-state index contributed by atoms with van der Waals surface area (Å²) in [4.78, 5) is 4.17. The van der Waals surface area contributed by atoms with Crippen LogP contribution >= 0.6 is 11.6 Å². The lowest BCUT2D eigenvalue weighted by molar-refractivity contribution is -0.474. The normalized spacial score (nSPS) is 13.9. The number of sulfone groups is 1. The van der Waals surface area contributed by atoms with Gasteiger partial charge in [-0.1, -0.05) is 23.7 Å². The van der Waals surface area contributed by atoms with Crippen molar-refractivity contribution in [3.05, 3.63) is 81.2 Å². The number of rotatable bonds is 2. The highest BCUT2D eigenvalue weighted by Crippen LogP contribution is 2.31. The maximum absolute atomic E-state index is 14.5. The number of halogens is 2. The van der Waals surface area contributed by atoms with E-state index < -0.39 is 15.7 Å². The van der Waals surface area contributed by atoms with E-state index in [1.165, 1.54) is 18.2 Å². The number of hydrogen-bond donors (Lipinski definition) is 0. The van der Waals surface area contributed by atoms with Crippen molar-refractivity contribution in [3.8, 4) is 5.69 Å². The number of benzene rings is 2. The fourth-order valence-electron chi connectivity index (χ4n) is 3.48. The number of hydroxylamine groups is 1. The van der Waals surface area contributed by atoms with E-state index in [-0.39, 0.29) is 28.5 Å². The van der Waals surface area contributed by atoms with E-state index in [9.17, 15) is 18.0 Å². The largest absolute Gasteiger partial charge is 0.623 e. The standard InChI is InChI=1S/C19H15ClFN3O3S/c1-11-22-19(28(2,26)27)17-10-23(25)18(13-5-3-4-6-15(13)21)14-9-12(20)7-8-16(14)24(11)17/h3-9H,10H2,1-2H3. The van der Waals surface area contributed by atoms with E-state index in [0.29, 0.717) is 26.8 Å². The molecule has 0 saturated heterocycles. The molecule has 1 aliphatic rings. The summed E-state index contributed by atoms with van der Waals surface area (Å²) < 4.78 is 41.2. The molecule has 0 atom stereocenters. The van der Waals surface area contributed by atoms with Crippen LogP contribution < -0.4 is 0 Å². The molecule has 0 amide bonds. The molecule has 9 heteroatoms. The third-order valence-corrected chi connectivity index (χ3v) is 5.85. The summed E-state index contributed by atoms with van der Waals surface area (Å²) >= 11 is 6.17. The molecule has 6 nitrogen and oxygen atoms in total. The first-order valence-electron chi connectivity index (χ1n) is 8.33. The first-order chi connectivity index (χ1) is 13.2. The number of aromatic nitrogens is 2. The van der Waals surface area contributed by atoms with Gasteiger partial charge in [-0.2, -0.15) is 4.74 Å². The molecule has 144 valence electrons. The lowest BCUT2D eigenvalue weighted by Crippen LogP contribution is -2.19. The van der Waals surface area contributed by atoms with E-state index in [1.807, 2.05) is 0 Å². The van der Waals surface area contributed by atoms with Crippen molar-refractivity contribution in [3.63, 3.8) is 0 Å². The van der Waals surface area contributed by atoms with Crippen LogP contribution in [0.4, 0.5) is 4.39 Å². The lowest BCUT2D eigenvalue weighted by Gasteiger charge is -2.12. The van der Waals surface area contributed by atoms with Gasteiger partial charge in [-0.05, 0) is 37.3 Å². The Kier molecular flexibility index (Phi) is 4.28. The Labute approximate surface area is 166 Å². The molecule has 0 saturated carbocycles. The predicted molar refractivity (Wildman–Crippen MR) is 103 cm³/mol. The highest BCUT2D eigenvalue weighted by molar-refractivity contribution is 7.90. The molecule has 0 N–H and O–H groups in total. The van der Waals surface area contributed by atoms with Gasteiger partial charge < -0.3 is 5.21 Å². The zero-order chi connectivity index (χ0) is 20.2. The predicted octanol–water partition coefficient (Wildman–Crippen LogP) is 3.24. The van der Waals surface area contributed by atoms with Crippen LogP contribution in [0.3, 0.4) is 0 Å². The lowest BCUT2D eigenvalue weighted by atomic mass is 10.00. The molecule has 0 fully saturated rings. The Hall–Kier alpha value is -2.71. The van der Waals surface area contributed by atoms with Crippen LogP contribution in [0.5, 0.6) is 0 Å². The van der Waals surface area contributed by atoms with Crippen molar-refractivity contribution in [2.24, 2.45) is 0 Å². The Balaban J connectivity index is 2.13. The van der Waals surface area contributed by atoms with E-state index in [4.69, 9.17) is 11.6 Å². The van der Waals surface area contributed by atoms with Crippen LogP contribution in [-0.2, 0) is 16.4 Å². The number of aryl methyl sites for hydroxylation is 1. The Morgan fingerprint density at radius 3 is 2.61 bits per heavy atom. The summed E-state index contributed by atoms with van der Waals surface area (Å²) in [5, 5.41) is 13.3. The maximum Gasteiger partial charge on any atom is 0.231 e. The molecule has 1 aromatic heterocycles. The van der Waals surface area contributed by atoms with Crippen LogP contribution in [0, 0.1) is 17.9 Å². The summed E-state index contributed by atoms with van der Waals surface area (Å²) in [6.07, 6.45) is 1.04. The van der Waals surface area contributed by atoms with Gasteiger partial charge in [-0.25, -0.2) is 17.8 Å². The molecule has 4 rings (SSSR count). The van der Waals surface area contributed by atoms with Crippen LogP contribution in [0.15, 0.2) is 47.5 Å². The van der Waals surface area contributed by atoms with Gasteiger partial charge in [0.15, 0.2) is 21.4 Å². The number of fused-ring (bicyclic) bond motifs is 3. The molecule has 0 unspecified atom stereocenters. The van der Waals surface area contributed by atoms with Crippen molar-refractivity contribution < 1.29 is 17.5 Å². The number of hydrogen-bond acceptors (Lipinski definition) is 4. The van der Waals surface area contributed by atoms with Gasteiger partial charge in [0.05, 0.1) is 16.8 Å². The third kappa shape index (κ3) is 2.89. The minimum atomic E-state index is -3.67. The Morgan fingerprint density at radius 2 is 1.93 bits per heavy atom. The summed E-state index contributed by atoms with van der Waals surface area (Å²) in [5.41, 5.74) is 1.32. The monoisotopic (exact) mass is 419 g/mol.